The Labute approximate surface area is 140 Å². The highest BCUT2D eigenvalue weighted by Crippen LogP contribution is 2.43. The number of halogens is 2. The fraction of sp³-hybridized carbons (Fsp3) is 0.200. The largest absolute Gasteiger partial charge is 0.375 e. The van der Waals surface area contributed by atoms with Crippen molar-refractivity contribution in [2.75, 3.05) is 11.9 Å². The van der Waals surface area contributed by atoms with E-state index in [4.69, 9.17) is 23.2 Å². The van der Waals surface area contributed by atoms with Crippen molar-refractivity contribution in [2.24, 2.45) is 0 Å². The minimum atomic E-state index is -1.90. The number of carbonyl (C=O) groups excluding carboxylic acids is 2. The molecule has 0 fully saturated rings. The van der Waals surface area contributed by atoms with Gasteiger partial charge in [-0.1, -0.05) is 23.2 Å². The summed E-state index contributed by atoms with van der Waals surface area (Å²) >= 11 is 12.9. The molecule has 1 aliphatic heterocycles. The van der Waals surface area contributed by atoms with Crippen molar-refractivity contribution in [3.05, 3.63) is 50.1 Å². The summed E-state index contributed by atoms with van der Waals surface area (Å²) in [4.78, 5) is 26.5. The molecule has 2 heterocycles. The van der Waals surface area contributed by atoms with Gasteiger partial charge < -0.3 is 10.0 Å². The number of hydrogen-bond acceptors (Lipinski definition) is 4. The number of nitrogens with zero attached hydrogens (tertiary/aromatic N) is 1. The number of rotatable bonds is 3. The molecule has 0 spiro atoms. The first kappa shape index (κ1) is 15.5. The summed E-state index contributed by atoms with van der Waals surface area (Å²) in [6.45, 7) is 0. The van der Waals surface area contributed by atoms with Gasteiger partial charge in [-0.25, -0.2) is 0 Å². The second-order valence-corrected chi connectivity index (χ2v) is 7.24. The average molecular weight is 356 g/mol. The van der Waals surface area contributed by atoms with Crippen molar-refractivity contribution in [1.82, 2.24) is 0 Å². The zero-order valence-electron chi connectivity index (χ0n) is 11.5. The molecule has 0 radical (unpaired) electrons. The van der Waals surface area contributed by atoms with E-state index in [1.165, 1.54) is 11.0 Å². The van der Waals surface area contributed by atoms with Gasteiger partial charge in [-0.05, 0) is 30.3 Å². The zero-order valence-corrected chi connectivity index (χ0v) is 13.8. The lowest BCUT2D eigenvalue weighted by Gasteiger charge is -2.20. The summed E-state index contributed by atoms with van der Waals surface area (Å²) in [5.41, 5.74) is -1.000. The minimum Gasteiger partial charge on any atom is -0.375 e. The van der Waals surface area contributed by atoms with E-state index in [-0.39, 0.29) is 12.2 Å². The van der Waals surface area contributed by atoms with Crippen molar-refractivity contribution >= 4 is 51.9 Å². The van der Waals surface area contributed by atoms with E-state index in [2.05, 4.69) is 0 Å². The average Bonchev–Trinajstić information content (AvgIpc) is 2.98. The van der Waals surface area contributed by atoms with E-state index >= 15 is 0 Å². The molecule has 1 aliphatic rings. The first-order chi connectivity index (χ1) is 10.3. The van der Waals surface area contributed by atoms with Gasteiger partial charge in [-0.3, -0.25) is 9.59 Å². The van der Waals surface area contributed by atoms with Crippen molar-refractivity contribution in [3.8, 4) is 0 Å². The second kappa shape index (κ2) is 5.35. The molecule has 0 bridgehead atoms. The lowest BCUT2D eigenvalue weighted by molar-refractivity contribution is -0.135. The molecule has 1 aromatic carbocycles. The third-order valence-corrected chi connectivity index (χ3v) is 5.20. The van der Waals surface area contributed by atoms with Crippen LogP contribution >= 0.6 is 34.5 Å². The van der Waals surface area contributed by atoms with E-state index in [1.807, 2.05) is 0 Å². The number of amides is 1. The topological polar surface area (TPSA) is 57.6 Å². The van der Waals surface area contributed by atoms with Crippen molar-refractivity contribution in [2.45, 2.75) is 12.0 Å². The summed E-state index contributed by atoms with van der Waals surface area (Å²) in [5, 5.41) is 11.2. The smallest absolute Gasteiger partial charge is 0.263 e. The number of carbonyl (C=O) groups is 2. The number of thiophene rings is 1. The van der Waals surface area contributed by atoms with E-state index in [0.29, 0.717) is 25.5 Å². The molecule has 4 nitrogen and oxygen atoms in total. The summed E-state index contributed by atoms with van der Waals surface area (Å²) in [7, 11) is 1.56. The highest BCUT2D eigenvalue weighted by atomic mass is 35.5. The van der Waals surface area contributed by atoms with Gasteiger partial charge in [-0.15, -0.1) is 11.3 Å². The monoisotopic (exact) mass is 355 g/mol. The summed E-state index contributed by atoms with van der Waals surface area (Å²) in [6, 6.07) is 8.00. The Kier molecular flexibility index (Phi) is 3.77. The lowest BCUT2D eigenvalue weighted by Crippen LogP contribution is -2.40. The molecule has 0 aliphatic carbocycles. The van der Waals surface area contributed by atoms with Crippen LogP contribution in [0.25, 0.3) is 0 Å². The van der Waals surface area contributed by atoms with E-state index < -0.39 is 11.5 Å². The van der Waals surface area contributed by atoms with Gasteiger partial charge in [0.15, 0.2) is 11.4 Å². The van der Waals surface area contributed by atoms with E-state index in [0.717, 1.165) is 11.3 Å². The van der Waals surface area contributed by atoms with Crippen LogP contribution < -0.4 is 4.90 Å². The van der Waals surface area contributed by atoms with Crippen LogP contribution in [0.15, 0.2) is 30.3 Å². The van der Waals surface area contributed by atoms with Gasteiger partial charge in [0.2, 0.25) is 0 Å². The van der Waals surface area contributed by atoms with Gasteiger partial charge in [0.1, 0.15) is 0 Å². The molecule has 3 rings (SSSR count). The summed E-state index contributed by atoms with van der Waals surface area (Å²) in [5.74, 6) is -0.880. The van der Waals surface area contributed by atoms with Crippen LogP contribution in [0.4, 0.5) is 5.69 Å². The maximum atomic E-state index is 12.4. The number of Topliss-reactive ketones (excluding diaryl/α,β-unsaturated/α-hetero) is 1. The number of likely N-dealkylation sites (N-methyl/N-ethyl adjacent to an activating group) is 1. The van der Waals surface area contributed by atoms with Crippen LogP contribution in [0.3, 0.4) is 0 Å². The van der Waals surface area contributed by atoms with E-state index in [9.17, 15) is 14.7 Å². The fourth-order valence-corrected chi connectivity index (χ4v) is 3.74. The number of aliphatic hydroxyl groups is 1. The van der Waals surface area contributed by atoms with Crippen LogP contribution in [-0.4, -0.2) is 23.8 Å². The molecule has 0 unspecified atom stereocenters. The number of anilines is 1. The van der Waals surface area contributed by atoms with Crippen LogP contribution in [0.5, 0.6) is 0 Å². The first-order valence-corrected chi connectivity index (χ1v) is 7.99. The molecule has 1 amide bonds. The number of fused-ring (bicyclic) bond motifs is 1. The fourth-order valence-electron chi connectivity index (χ4n) is 2.59. The molecule has 0 saturated heterocycles. The van der Waals surface area contributed by atoms with Gasteiger partial charge in [0.25, 0.3) is 5.91 Å². The maximum absolute atomic E-state index is 12.4. The molecule has 114 valence electrons. The molecule has 7 heteroatoms. The highest BCUT2D eigenvalue weighted by Gasteiger charge is 2.49. The third kappa shape index (κ3) is 2.34. The van der Waals surface area contributed by atoms with Crippen LogP contribution in [0, 0.1) is 0 Å². The van der Waals surface area contributed by atoms with Gasteiger partial charge in [-0.2, -0.15) is 0 Å². The standard InChI is InChI=1S/C15H11Cl2NO3S/c1-18-10-3-2-8(16)6-9(10)15(21,14(18)20)7-11(19)12-4-5-13(17)22-12/h2-6,21H,7H2,1H3/t15-/m1/s1. The maximum Gasteiger partial charge on any atom is 0.263 e. The number of benzene rings is 1. The Bertz CT molecular complexity index is 789. The Morgan fingerprint density at radius 2 is 2.05 bits per heavy atom. The molecule has 1 atom stereocenters. The predicted octanol–water partition coefficient (Wildman–Crippen LogP) is 3.49. The molecule has 2 aromatic rings. The van der Waals surface area contributed by atoms with Crippen LogP contribution in [0.2, 0.25) is 9.36 Å². The zero-order chi connectivity index (χ0) is 16.1. The predicted molar refractivity (Wildman–Crippen MR) is 87.0 cm³/mol. The first-order valence-electron chi connectivity index (χ1n) is 6.42. The van der Waals surface area contributed by atoms with Crippen LogP contribution in [-0.2, 0) is 10.4 Å². The van der Waals surface area contributed by atoms with Crippen molar-refractivity contribution in [3.63, 3.8) is 0 Å². The normalized spacial score (nSPS) is 20.4. The quantitative estimate of drug-likeness (QED) is 0.857. The van der Waals surface area contributed by atoms with Crippen molar-refractivity contribution < 1.29 is 14.7 Å². The number of ketones is 1. The Balaban J connectivity index is 2.00. The Morgan fingerprint density at radius 1 is 1.32 bits per heavy atom. The van der Waals surface area contributed by atoms with Crippen molar-refractivity contribution in [1.29, 1.82) is 0 Å². The summed E-state index contributed by atoms with van der Waals surface area (Å²) in [6.07, 6.45) is -0.347. The summed E-state index contributed by atoms with van der Waals surface area (Å²) < 4.78 is 0.480. The molecular weight excluding hydrogens is 345 g/mol. The van der Waals surface area contributed by atoms with E-state index in [1.54, 1.807) is 31.3 Å². The van der Waals surface area contributed by atoms with Gasteiger partial charge >= 0.3 is 0 Å². The lowest BCUT2D eigenvalue weighted by atomic mass is 9.89. The molecular formula is C15H11Cl2NO3S. The molecule has 22 heavy (non-hydrogen) atoms. The van der Waals surface area contributed by atoms with Gasteiger partial charge in [0, 0.05) is 17.6 Å². The second-order valence-electron chi connectivity index (χ2n) is 5.09. The molecule has 0 saturated carbocycles. The number of hydrogen-bond donors (Lipinski definition) is 1. The highest BCUT2D eigenvalue weighted by molar-refractivity contribution is 7.18. The minimum absolute atomic E-state index is 0.339. The Hall–Kier alpha value is -1.40. The van der Waals surface area contributed by atoms with Gasteiger partial charge in [0.05, 0.1) is 21.3 Å². The van der Waals surface area contributed by atoms with Crippen LogP contribution in [0.1, 0.15) is 21.7 Å². The Morgan fingerprint density at radius 3 is 2.68 bits per heavy atom. The SMILES string of the molecule is CN1C(=O)[C@@](O)(CC(=O)c2ccc(Cl)s2)c2cc(Cl)ccc21. The molecule has 1 N–H and O–H groups in total. The third-order valence-electron chi connectivity index (χ3n) is 3.69. The molecule has 1 aromatic heterocycles.